The average molecular weight is 249 g/mol. The second kappa shape index (κ2) is 6.35. The minimum atomic E-state index is 0.122. The van der Waals surface area contributed by atoms with E-state index < -0.39 is 0 Å². The molecule has 0 radical (unpaired) electrons. The van der Waals surface area contributed by atoms with Crippen LogP contribution in [0.4, 0.5) is 0 Å². The summed E-state index contributed by atoms with van der Waals surface area (Å²) in [6, 6.07) is 4.52. The Labute approximate surface area is 111 Å². The van der Waals surface area contributed by atoms with Gasteiger partial charge in [-0.2, -0.15) is 0 Å². The van der Waals surface area contributed by atoms with E-state index in [1.807, 2.05) is 0 Å². The summed E-state index contributed by atoms with van der Waals surface area (Å²) in [5, 5.41) is 12.2. The van der Waals surface area contributed by atoms with Crippen LogP contribution in [0, 0.1) is 20.8 Å². The minimum Gasteiger partial charge on any atom is -0.396 e. The van der Waals surface area contributed by atoms with Crippen LogP contribution in [-0.4, -0.2) is 24.8 Å². The lowest BCUT2D eigenvalue weighted by atomic mass is 9.79. The van der Waals surface area contributed by atoms with Crippen LogP contribution in [0.3, 0.4) is 0 Å². The molecule has 1 aromatic carbocycles. The zero-order chi connectivity index (χ0) is 13.8. The van der Waals surface area contributed by atoms with Gasteiger partial charge < -0.3 is 10.4 Å². The lowest BCUT2D eigenvalue weighted by Crippen LogP contribution is -2.35. The van der Waals surface area contributed by atoms with Gasteiger partial charge in [0.15, 0.2) is 0 Å². The van der Waals surface area contributed by atoms with Crippen LogP contribution in [0.15, 0.2) is 12.1 Å². The summed E-state index contributed by atoms with van der Waals surface area (Å²) in [5.41, 5.74) is 5.66. The van der Waals surface area contributed by atoms with E-state index in [-0.39, 0.29) is 12.0 Å². The van der Waals surface area contributed by atoms with E-state index in [1.165, 1.54) is 22.3 Å². The highest BCUT2D eigenvalue weighted by Crippen LogP contribution is 2.29. The largest absolute Gasteiger partial charge is 0.396 e. The molecule has 0 aromatic heterocycles. The van der Waals surface area contributed by atoms with Crippen molar-refractivity contribution in [1.29, 1.82) is 0 Å². The maximum atomic E-state index is 8.79. The number of benzene rings is 1. The molecule has 2 heteroatoms. The molecule has 2 nitrogen and oxygen atoms in total. The molecule has 18 heavy (non-hydrogen) atoms. The molecule has 0 saturated heterocycles. The molecule has 0 aliphatic heterocycles. The van der Waals surface area contributed by atoms with Gasteiger partial charge in [0.1, 0.15) is 0 Å². The van der Waals surface area contributed by atoms with Crippen molar-refractivity contribution in [3.63, 3.8) is 0 Å². The maximum Gasteiger partial charge on any atom is 0.0443 e. The molecule has 0 atom stereocenters. The van der Waals surface area contributed by atoms with E-state index in [9.17, 15) is 0 Å². The van der Waals surface area contributed by atoms with Crippen molar-refractivity contribution in [3.05, 3.63) is 34.4 Å². The van der Waals surface area contributed by atoms with Crippen LogP contribution in [0.5, 0.6) is 0 Å². The zero-order valence-corrected chi connectivity index (χ0v) is 12.4. The standard InChI is InChI=1S/C16H27NO/c1-12-9-13(2)15(14(3)10-12)16(4,5)11-17-7-6-8-18/h9-10,17-18H,6-8,11H2,1-5H3. The molecule has 0 heterocycles. The van der Waals surface area contributed by atoms with Crippen molar-refractivity contribution in [2.24, 2.45) is 0 Å². The molecule has 0 aliphatic rings. The summed E-state index contributed by atoms with van der Waals surface area (Å²) in [6.45, 7) is 13.2. The summed E-state index contributed by atoms with van der Waals surface area (Å²) >= 11 is 0. The van der Waals surface area contributed by atoms with Crippen molar-refractivity contribution in [2.75, 3.05) is 19.7 Å². The lowest BCUT2D eigenvalue weighted by molar-refractivity contribution is 0.284. The van der Waals surface area contributed by atoms with E-state index in [1.54, 1.807) is 0 Å². The van der Waals surface area contributed by atoms with E-state index >= 15 is 0 Å². The number of aryl methyl sites for hydroxylation is 3. The highest BCUT2D eigenvalue weighted by Gasteiger charge is 2.24. The van der Waals surface area contributed by atoms with Crippen LogP contribution in [-0.2, 0) is 5.41 Å². The van der Waals surface area contributed by atoms with Gasteiger partial charge in [-0.3, -0.25) is 0 Å². The Balaban J connectivity index is 2.84. The first kappa shape index (κ1) is 15.2. The highest BCUT2D eigenvalue weighted by atomic mass is 16.3. The third-order valence-electron chi connectivity index (χ3n) is 3.43. The van der Waals surface area contributed by atoms with Crippen LogP contribution in [0.25, 0.3) is 0 Å². The smallest absolute Gasteiger partial charge is 0.0443 e. The molecule has 2 N–H and O–H groups in total. The first-order valence-corrected chi connectivity index (χ1v) is 6.78. The number of rotatable bonds is 6. The Morgan fingerprint density at radius 2 is 1.67 bits per heavy atom. The van der Waals surface area contributed by atoms with Crippen molar-refractivity contribution in [2.45, 2.75) is 46.5 Å². The Kier molecular flexibility index (Phi) is 5.36. The van der Waals surface area contributed by atoms with E-state index in [2.05, 4.69) is 52.1 Å². The fourth-order valence-corrected chi connectivity index (χ4v) is 2.94. The van der Waals surface area contributed by atoms with Gasteiger partial charge in [-0.05, 0) is 50.4 Å². The topological polar surface area (TPSA) is 32.3 Å². The van der Waals surface area contributed by atoms with Gasteiger partial charge in [0.25, 0.3) is 0 Å². The molecular formula is C16H27NO. The van der Waals surface area contributed by atoms with Crippen molar-refractivity contribution < 1.29 is 5.11 Å². The van der Waals surface area contributed by atoms with Crippen molar-refractivity contribution >= 4 is 0 Å². The van der Waals surface area contributed by atoms with Crippen LogP contribution in [0.1, 0.15) is 42.5 Å². The number of aliphatic hydroxyl groups excluding tert-OH is 1. The second-order valence-corrected chi connectivity index (χ2v) is 5.91. The number of hydrogen-bond acceptors (Lipinski definition) is 2. The molecule has 0 saturated carbocycles. The summed E-state index contributed by atoms with van der Waals surface area (Å²) in [6.07, 6.45) is 0.821. The van der Waals surface area contributed by atoms with Gasteiger partial charge in [0, 0.05) is 18.6 Å². The second-order valence-electron chi connectivity index (χ2n) is 5.91. The molecule has 0 fully saturated rings. The molecule has 102 valence electrons. The monoisotopic (exact) mass is 249 g/mol. The number of nitrogens with one attached hydrogen (secondary N) is 1. The summed E-state index contributed by atoms with van der Waals surface area (Å²) in [4.78, 5) is 0. The Morgan fingerprint density at radius 1 is 1.11 bits per heavy atom. The summed E-state index contributed by atoms with van der Waals surface area (Å²) in [7, 11) is 0. The Bertz CT molecular complexity index is 373. The van der Waals surface area contributed by atoms with Gasteiger partial charge in [-0.25, -0.2) is 0 Å². The van der Waals surface area contributed by atoms with Gasteiger partial charge >= 0.3 is 0 Å². The van der Waals surface area contributed by atoms with Crippen LogP contribution < -0.4 is 5.32 Å². The number of aliphatic hydroxyl groups is 1. The highest BCUT2D eigenvalue weighted by molar-refractivity contribution is 5.42. The predicted molar refractivity (Wildman–Crippen MR) is 78.3 cm³/mol. The molecule has 0 amide bonds. The SMILES string of the molecule is Cc1cc(C)c(C(C)(C)CNCCCO)c(C)c1. The molecular weight excluding hydrogens is 222 g/mol. The molecule has 0 unspecified atom stereocenters. The van der Waals surface area contributed by atoms with Crippen molar-refractivity contribution in [1.82, 2.24) is 5.32 Å². The summed E-state index contributed by atoms with van der Waals surface area (Å²) < 4.78 is 0. The van der Waals surface area contributed by atoms with Gasteiger partial charge in [0.2, 0.25) is 0 Å². The van der Waals surface area contributed by atoms with E-state index in [4.69, 9.17) is 5.11 Å². The minimum absolute atomic E-state index is 0.122. The molecule has 1 aromatic rings. The van der Waals surface area contributed by atoms with Crippen LogP contribution >= 0.6 is 0 Å². The van der Waals surface area contributed by atoms with Crippen LogP contribution in [0.2, 0.25) is 0 Å². The summed E-state index contributed by atoms with van der Waals surface area (Å²) in [5.74, 6) is 0. The molecule has 0 aliphatic carbocycles. The fourth-order valence-electron chi connectivity index (χ4n) is 2.94. The van der Waals surface area contributed by atoms with Gasteiger partial charge in [-0.1, -0.05) is 31.5 Å². The van der Waals surface area contributed by atoms with E-state index in [0.29, 0.717) is 0 Å². The first-order chi connectivity index (χ1) is 8.38. The Hall–Kier alpha value is -0.860. The first-order valence-electron chi connectivity index (χ1n) is 6.78. The molecule has 0 bridgehead atoms. The zero-order valence-electron chi connectivity index (χ0n) is 12.4. The predicted octanol–water partition coefficient (Wildman–Crippen LogP) is 2.86. The molecule has 0 spiro atoms. The van der Waals surface area contributed by atoms with Gasteiger partial charge in [-0.15, -0.1) is 0 Å². The fraction of sp³-hybridized carbons (Fsp3) is 0.625. The lowest BCUT2D eigenvalue weighted by Gasteiger charge is -2.30. The molecule has 1 rings (SSSR count). The van der Waals surface area contributed by atoms with Crippen molar-refractivity contribution in [3.8, 4) is 0 Å². The number of hydrogen-bond donors (Lipinski definition) is 2. The maximum absolute atomic E-state index is 8.79. The third-order valence-corrected chi connectivity index (χ3v) is 3.43. The van der Waals surface area contributed by atoms with E-state index in [0.717, 1.165) is 19.5 Å². The third kappa shape index (κ3) is 3.82. The average Bonchev–Trinajstić information content (AvgIpc) is 2.22. The Morgan fingerprint density at radius 3 is 2.17 bits per heavy atom. The van der Waals surface area contributed by atoms with Gasteiger partial charge in [0.05, 0.1) is 0 Å². The quantitative estimate of drug-likeness (QED) is 0.760. The normalized spacial score (nSPS) is 11.9.